The van der Waals surface area contributed by atoms with Crippen LogP contribution in [-0.4, -0.2) is 73.3 Å². The number of nitrogens with zero attached hydrogens (tertiary/aromatic N) is 1. The summed E-state index contributed by atoms with van der Waals surface area (Å²) in [5.74, 6) is 2.36. The lowest BCUT2D eigenvalue weighted by Crippen LogP contribution is -2.68. The minimum atomic E-state index is -2.87. The number of alkyl halides is 1. The number of carboxylic acid groups (broad SMARTS) is 1. The highest BCUT2D eigenvalue weighted by Crippen LogP contribution is 2.76. The molecule has 0 aromatic rings. The summed E-state index contributed by atoms with van der Waals surface area (Å²) in [6.07, 6.45) is 17.8. The zero-order valence-corrected chi connectivity index (χ0v) is 33.9. The normalized spacial score (nSPS) is 48.9. The summed E-state index contributed by atoms with van der Waals surface area (Å²) in [5.41, 5.74) is 3.61. The molecule has 2 bridgehead atoms. The molecule has 12 atom stereocenters. The van der Waals surface area contributed by atoms with Crippen LogP contribution in [0.5, 0.6) is 0 Å². The second-order valence-electron chi connectivity index (χ2n) is 20.8. The van der Waals surface area contributed by atoms with Gasteiger partial charge in [-0.15, -0.1) is 0 Å². The molecule has 6 nitrogen and oxygen atoms in total. The summed E-state index contributed by atoms with van der Waals surface area (Å²) in [4.78, 5) is 14.4. The maximum atomic E-state index is 14.0. The Balaban J connectivity index is 1.04. The van der Waals surface area contributed by atoms with Gasteiger partial charge in [-0.3, -0.25) is 9.69 Å². The van der Waals surface area contributed by atoms with Gasteiger partial charge in [0.1, 0.15) is 6.67 Å². The summed E-state index contributed by atoms with van der Waals surface area (Å²) in [6.45, 7) is 21.6. The third-order valence-corrected chi connectivity index (χ3v) is 20.8. The van der Waals surface area contributed by atoms with Gasteiger partial charge in [-0.1, -0.05) is 58.9 Å². The predicted octanol–water partition coefficient (Wildman–Crippen LogP) is 8.54. The molecular formula is C44H67FN2O4S. The Morgan fingerprint density at radius 3 is 2.37 bits per heavy atom. The number of carboxylic acids is 1. The predicted molar refractivity (Wildman–Crippen MR) is 206 cm³/mol. The minimum Gasteiger partial charge on any atom is -0.481 e. The van der Waals surface area contributed by atoms with E-state index in [0.29, 0.717) is 48.2 Å². The molecule has 6 fully saturated rings. The highest BCUT2D eigenvalue weighted by Gasteiger charge is 2.70. The SMILES string of the molecule is C=C(C)C1CCC2(NCCN3CC4CC3CS4(=O)=O)CCC3(C)C(CCC4C5(C)CC=C(C6=CCC(CF)(C(=O)O)CC6)C(C)(C)C5CCC43C)C12. The third kappa shape index (κ3) is 5.10. The topological polar surface area (TPSA) is 86.7 Å². The van der Waals surface area contributed by atoms with Crippen LogP contribution in [0.3, 0.4) is 0 Å². The van der Waals surface area contributed by atoms with Crippen molar-refractivity contribution in [2.45, 2.75) is 142 Å². The quantitative estimate of drug-likeness (QED) is 0.243. The van der Waals surface area contributed by atoms with Crippen LogP contribution in [0.15, 0.2) is 35.5 Å². The van der Waals surface area contributed by atoms with E-state index < -0.39 is 27.9 Å². The lowest BCUT2D eigenvalue weighted by molar-refractivity contribution is -0.221. The largest absolute Gasteiger partial charge is 0.481 e. The number of fused-ring (bicyclic) bond motifs is 9. The zero-order valence-electron chi connectivity index (χ0n) is 33.0. The van der Waals surface area contributed by atoms with Gasteiger partial charge < -0.3 is 10.4 Å². The Kier molecular flexibility index (Phi) is 8.81. The Morgan fingerprint density at radius 2 is 1.75 bits per heavy atom. The van der Waals surface area contributed by atoms with E-state index in [2.05, 4.69) is 70.5 Å². The lowest BCUT2D eigenvalue weighted by atomic mass is 9.33. The Morgan fingerprint density at radius 1 is 0.981 bits per heavy atom. The van der Waals surface area contributed by atoms with Crippen molar-refractivity contribution in [3.63, 3.8) is 0 Å². The molecule has 2 N–H and O–H groups in total. The first-order chi connectivity index (χ1) is 24.4. The first-order valence-electron chi connectivity index (χ1n) is 20.9. The summed E-state index contributed by atoms with van der Waals surface area (Å²) >= 11 is 0. The van der Waals surface area contributed by atoms with E-state index in [1.807, 2.05) is 0 Å². The summed E-state index contributed by atoms with van der Waals surface area (Å²) in [7, 11) is -2.87. The van der Waals surface area contributed by atoms with Gasteiger partial charge in [0.25, 0.3) is 0 Å². The average Bonchev–Trinajstić information content (AvgIpc) is 3.75. The van der Waals surface area contributed by atoms with Crippen LogP contribution in [0.25, 0.3) is 0 Å². The first-order valence-corrected chi connectivity index (χ1v) is 22.6. The van der Waals surface area contributed by atoms with Gasteiger partial charge in [-0.25, -0.2) is 12.8 Å². The van der Waals surface area contributed by atoms with Gasteiger partial charge in [-0.05, 0) is 153 Å². The van der Waals surface area contributed by atoms with Crippen molar-refractivity contribution >= 4 is 15.8 Å². The fraction of sp³-hybridized carbons (Fsp3) is 0.841. The number of halogens is 1. The van der Waals surface area contributed by atoms with E-state index in [1.54, 1.807) is 0 Å². The van der Waals surface area contributed by atoms with E-state index >= 15 is 0 Å². The third-order valence-electron chi connectivity index (χ3n) is 18.6. The number of likely N-dealkylation sites (tertiary alicyclic amines) is 1. The molecule has 12 unspecified atom stereocenters. The zero-order chi connectivity index (χ0) is 37.3. The molecule has 2 saturated heterocycles. The smallest absolute Gasteiger partial charge is 0.312 e. The molecule has 0 aromatic carbocycles. The molecule has 8 aliphatic rings. The van der Waals surface area contributed by atoms with Crippen molar-refractivity contribution in [1.82, 2.24) is 10.2 Å². The van der Waals surface area contributed by atoms with Gasteiger partial charge in [0.15, 0.2) is 9.84 Å². The molecule has 2 aliphatic heterocycles. The molecule has 0 aromatic heterocycles. The molecule has 290 valence electrons. The van der Waals surface area contributed by atoms with Gasteiger partial charge in [0, 0.05) is 31.2 Å². The molecule has 8 rings (SSSR count). The highest BCUT2D eigenvalue weighted by molar-refractivity contribution is 7.92. The number of carbonyl (C=O) groups is 1. The van der Waals surface area contributed by atoms with Crippen LogP contribution < -0.4 is 5.32 Å². The summed E-state index contributed by atoms with van der Waals surface area (Å²) < 4.78 is 38.8. The second kappa shape index (κ2) is 12.2. The lowest BCUT2D eigenvalue weighted by Gasteiger charge is -2.72. The van der Waals surface area contributed by atoms with Crippen LogP contribution in [0.1, 0.15) is 125 Å². The van der Waals surface area contributed by atoms with Gasteiger partial charge >= 0.3 is 5.97 Å². The Hall–Kier alpha value is -1.51. The van der Waals surface area contributed by atoms with Crippen molar-refractivity contribution in [2.24, 2.45) is 56.7 Å². The number of sulfone groups is 1. The fourth-order valence-corrected chi connectivity index (χ4v) is 17.7. The second-order valence-corrected chi connectivity index (χ2v) is 23.1. The number of hydrogen-bond donors (Lipinski definition) is 2. The van der Waals surface area contributed by atoms with E-state index in [9.17, 15) is 22.7 Å². The van der Waals surface area contributed by atoms with E-state index in [4.69, 9.17) is 0 Å². The monoisotopic (exact) mass is 738 g/mol. The maximum absolute atomic E-state index is 14.0. The van der Waals surface area contributed by atoms with Crippen molar-refractivity contribution in [1.29, 1.82) is 0 Å². The van der Waals surface area contributed by atoms with Gasteiger partial charge in [0.2, 0.25) is 0 Å². The highest BCUT2D eigenvalue weighted by atomic mass is 32.2. The van der Waals surface area contributed by atoms with Crippen LogP contribution in [0, 0.1) is 56.7 Å². The Labute approximate surface area is 313 Å². The molecule has 0 amide bonds. The standard InChI is InChI=1S/C44H67FN2O4S/c1-28(2)32-12-19-44(46-22-23-47-25-31-24-30(47)26-52(31,50)51)21-20-41(6)34(37(32)44)8-9-36-40(5)15-13-33(39(3,4)35(40)14-16-42(36,41)7)29-10-17-43(27-45,18-11-29)38(48)49/h10,13,30-32,34-37,46H,1,8-9,11-12,14-27H2,2-7H3,(H,48,49). The molecule has 52 heavy (non-hydrogen) atoms. The van der Waals surface area contributed by atoms with Crippen LogP contribution >= 0.6 is 0 Å². The molecular weight excluding hydrogens is 672 g/mol. The molecule has 2 heterocycles. The van der Waals surface area contributed by atoms with Crippen molar-refractivity contribution in [2.75, 3.05) is 32.1 Å². The molecule has 0 spiro atoms. The van der Waals surface area contributed by atoms with Crippen LogP contribution in [0.2, 0.25) is 0 Å². The van der Waals surface area contributed by atoms with Gasteiger partial charge in [0.05, 0.1) is 16.4 Å². The maximum Gasteiger partial charge on any atom is 0.312 e. The number of allylic oxidation sites excluding steroid dienone is 5. The van der Waals surface area contributed by atoms with Crippen molar-refractivity contribution in [3.8, 4) is 0 Å². The fourth-order valence-electron chi connectivity index (χ4n) is 15.6. The van der Waals surface area contributed by atoms with Crippen molar-refractivity contribution in [3.05, 3.63) is 35.5 Å². The number of nitrogens with one attached hydrogen (secondary N) is 1. The molecule has 8 heteroatoms. The molecule has 0 radical (unpaired) electrons. The number of rotatable bonds is 8. The number of aliphatic carboxylic acids is 1. The molecule has 4 saturated carbocycles. The molecule has 6 aliphatic carbocycles. The van der Waals surface area contributed by atoms with E-state index in [-0.39, 0.29) is 44.9 Å². The number of hydrogen-bond acceptors (Lipinski definition) is 5. The van der Waals surface area contributed by atoms with Crippen LogP contribution in [0.4, 0.5) is 4.39 Å². The van der Waals surface area contributed by atoms with E-state index in [1.165, 1.54) is 68.1 Å². The summed E-state index contributed by atoms with van der Waals surface area (Å²) in [5, 5.41) is 13.9. The average molecular weight is 739 g/mol. The first kappa shape index (κ1) is 37.4. The minimum absolute atomic E-state index is 0.0159. The van der Waals surface area contributed by atoms with Gasteiger partial charge in [-0.2, -0.15) is 0 Å². The van der Waals surface area contributed by atoms with E-state index in [0.717, 1.165) is 32.5 Å². The van der Waals surface area contributed by atoms with Crippen LogP contribution in [-0.2, 0) is 14.6 Å². The summed E-state index contributed by atoms with van der Waals surface area (Å²) in [6, 6.07) is 0.214. The van der Waals surface area contributed by atoms with Crippen molar-refractivity contribution < 1.29 is 22.7 Å². The Bertz CT molecular complexity index is 1690.